The third-order valence-electron chi connectivity index (χ3n) is 3.42. The number of ether oxygens (including phenoxy) is 1. The number of nitrogens with one attached hydrogen (secondary N) is 1. The number of carbonyl (C=O) groups excluding carboxylic acids is 1. The Kier molecular flexibility index (Phi) is 6.65. The van der Waals surface area contributed by atoms with Crippen molar-refractivity contribution >= 4 is 39.4 Å². The number of anilines is 1. The maximum absolute atomic E-state index is 12.1. The van der Waals surface area contributed by atoms with Crippen LogP contribution in [0.3, 0.4) is 0 Å². The lowest BCUT2D eigenvalue weighted by atomic mass is 10.2. The monoisotopic (exact) mass is 411 g/mol. The molecule has 0 saturated carbocycles. The first-order valence-corrected chi connectivity index (χ1v) is 9.86. The first kappa shape index (κ1) is 20.5. The van der Waals surface area contributed by atoms with E-state index in [0.29, 0.717) is 5.56 Å². The Morgan fingerprint density at radius 2 is 2.04 bits per heavy atom. The van der Waals surface area contributed by atoms with Gasteiger partial charge in [-0.25, -0.2) is 13.8 Å². The van der Waals surface area contributed by atoms with Gasteiger partial charge < -0.3 is 9.84 Å². The molecular weight excluding hydrogens is 394 g/mol. The zero-order chi connectivity index (χ0) is 20.0. The second-order valence-corrected chi connectivity index (χ2v) is 7.76. The minimum Gasteiger partial charge on any atom is -0.504 e. The zero-order valence-corrected chi connectivity index (χ0v) is 16.2. The van der Waals surface area contributed by atoms with Gasteiger partial charge in [0.05, 0.1) is 30.3 Å². The van der Waals surface area contributed by atoms with Crippen molar-refractivity contribution in [2.75, 3.05) is 24.2 Å². The molecule has 2 N–H and O–H groups in total. The lowest BCUT2D eigenvalue weighted by Crippen LogP contribution is -2.39. The molecule has 2 rings (SSSR count). The number of hydrogen-bond acceptors (Lipinski definition) is 6. The molecule has 0 aliphatic rings. The van der Waals surface area contributed by atoms with Gasteiger partial charge in [0, 0.05) is 0 Å². The second kappa shape index (κ2) is 8.74. The molecule has 10 heteroatoms. The fraction of sp³-hybridized carbons (Fsp3) is 0.176. The lowest BCUT2D eigenvalue weighted by Gasteiger charge is -2.22. The summed E-state index contributed by atoms with van der Waals surface area (Å²) in [6.45, 7) is -0.487. The van der Waals surface area contributed by atoms with Gasteiger partial charge in [0.15, 0.2) is 11.5 Å². The van der Waals surface area contributed by atoms with Gasteiger partial charge in [-0.1, -0.05) is 23.7 Å². The van der Waals surface area contributed by atoms with Crippen LogP contribution >= 0.6 is 11.6 Å². The Morgan fingerprint density at radius 1 is 1.33 bits per heavy atom. The van der Waals surface area contributed by atoms with E-state index in [1.165, 1.54) is 37.6 Å². The number of halogens is 1. The van der Waals surface area contributed by atoms with Crippen LogP contribution in [-0.2, 0) is 14.8 Å². The van der Waals surface area contributed by atoms with E-state index in [-0.39, 0.29) is 22.2 Å². The second-order valence-electron chi connectivity index (χ2n) is 5.45. The molecule has 144 valence electrons. The molecule has 0 spiro atoms. The quantitative estimate of drug-likeness (QED) is 0.535. The number of nitrogens with zero attached hydrogens (tertiary/aromatic N) is 2. The van der Waals surface area contributed by atoms with Crippen molar-refractivity contribution in [2.24, 2.45) is 5.10 Å². The number of methoxy groups -OCH3 is 1. The van der Waals surface area contributed by atoms with Crippen LogP contribution in [0.5, 0.6) is 11.5 Å². The highest BCUT2D eigenvalue weighted by Gasteiger charge is 2.22. The number of phenols is 1. The molecule has 2 aromatic rings. The summed E-state index contributed by atoms with van der Waals surface area (Å²) in [4.78, 5) is 12.1. The van der Waals surface area contributed by atoms with Gasteiger partial charge in [0.1, 0.15) is 6.54 Å². The average Bonchev–Trinajstić information content (AvgIpc) is 2.61. The van der Waals surface area contributed by atoms with Crippen molar-refractivity contribution in [3.05, 3.63) is 53.1 Å². The van der Waals surface area contributed by atoms with Crippen LogP contribution in [0.15, 0.2) is 47.6 Å². The maximum Gasteiger partial charge on any atom is 0.260 e. The van der Waals surface area contributed by atoms with Crippen molar-refractivity contribution in [1.29, 1.82) is 0 Å². The first-order valence-electron chi connectivity index (χ1n) is 7.63. The standard InChI is InChI=1S/C17H18ClN3O5S/c1-26-16-9-12(7-8-15(16)22)10-19-20-17(23)11-21(27(2,24)25)14-6-4-3-5-13(14)18/h3-10,22H,11H2,1-2H3,(H,20,23)/b19-10-. The van der Waals surface area contributed by atoms with Gasteiger partial charge in [-0.05, 0) is 35.9 Å². The summed E-state index contributed by atoms with van der Waals surface area (Å²) in [6.07, 6.45) is 2.32. The fourth-order valence-electron chi connectivity index (χ4n) is 2.15. The molecule has 0 heterocycles. The Labute approximate surface area is 162 Å². The van der Waals surface area contributed by atoms with Gasteiger partial charge in [0.2, 0.25) is 10.0 Å². The van der Waals surface area contributed by atoms with E-state index in [2.05, 4.69) is 10.5 Å². The van der Waals surface area contributed by atoms with Crippen molar-refractivity contribution < 1.29 is 23.1 Å². The van der Waals surface area contributed by atoms with E-state index in [0.717, 1.165) is 10.6 Å². The third-order valence-corrected chi connectivity index (χ3v) is 4.86. The minimum atomic E-state index is -3.73. The van der Waals surface area contributed by atoms with Crippen LogP contribution < -0.4 is 14.5 Å². The van der Waals surface area contributed by atoms with Gasteiger partial charge in [-0.15, -0.1) is 0 Å². The number of aromatic hydroxyl groups is 1. The molecule has 0 aliphatic carbocycles. The van der Waals surface area contributed by atoms with Crippen LogP contribution in [0, 0.1) is 0 Å². The molecule has 0 aromatic heterocycles. The summed E-state index contributed by atoms with van der Waals surface area (Å²) in [5.41, 5.74) is 3.02. The topological polar surface area (TPSA) is 108 Å². The van der Waals surface area contributed by atoms with E-state index in [1.54, 1.807) is 18.2 Å². The molecule has 0 unspecified atom stereocenters. The van der Waals surface area contributed by atoms with Crippen molar-refractivity contribution in [3.63, 3.8) is 0 Å². The molecule has 27 heavy (non-hydrogen) atoms. The number of sulfonamides is 1. The summed E-state index contributed by atoms with van der Waals surface area (Å²) >= 11 is 6.03. The van der Waals surface area contributed by atoms with E-state index in [4.69, 9.17) is 16.3 Å². The number of benzene rings is 2. The molecule has 0 radical (unpaired) electrons. The highest BCUT2D eigenvalue weighted by molar-refractivity contribution is 7.92. The molecule has 2 aromatic carbocycles. The number of para-hydroxylation sites is 1. The fourth-order valence-corrected chi connectivity index (χ4v) is 3.31. The number of phenolic OH excluding ortho intramolecular Hbond substituents is 1. The van der Waals surface area contributed by atoms with Crippen LogP contribution in [0.2, 0.25) is 5.02 Å². The Hall–Kier alpha value is -2.78. The van der Waals surface area contributed by atoms with Gasteiger partial charge in [-0.2, -0.15) is 5.10 Å². The minimum absolute atomic E-state index is 0.0257. The number of hydrogen-bond donors (Lipinski definition) is 2. The molecule has 1 amide bonds. The SMILES string of the molecule is COc1cc(/C=N\NC(=O)CN(c2ccccc2Cl)S(C)(=O)=O)ccc1O. The summed E-state index contributed by atoms with van der Waals surface area (Å²) in [5, 5.41) is 13.5. The molecule has 0 bridgehead atoms. The van der Waals surface area contributed by atoms with Crippen LogP contribution in [0.25, 0.3) is 0 Å². The third kappa shape index (κ3) is 5.60. The van der Waals surface area contributed by atoms with E-state index in [1.807, 2.05) is 0 Å². The highest BCUT2D eigenvalue weighted by Crippen LogP contribution is 2.27. The number of hydrazone groups is 1. The predicted octanol–water partition coefficient (Wildman–Crippen LogP) is 1.97. The van der Waals surface area contributed by atoms with Crippen LogP contribution in [0.4, 0.5) is 5.69 Å². The van der Waals surface area contributed by atoms with E-state index in [9.17, 15) is 18.3 Å². The number of carbonyl (C=O) groups is 1. The summed E-state index contributed by atoms with van der Waals surface area (Å²) in [7, 11) is -2.33. The smallest absolute Gasteiger partial charge is 0.260 e. The molecule has 0 aliphatic heterocycles. The van der Waals surface area contributed by atoms with E-state index < -0.39 is 22.5 Å². The zero-order valence-electron chi connectivity index (χ0n) is 14.6. The normalized spacial score (nSPS) is 11.4. The first-order chi connectivity index (χ1) is 12.7. The Morgan fingerprint density at radius 3 is 2.67 bits per heavy atom. The summed E-state index contributed by atoms with van der Waals surface area (Å²) in [6, 6.07) is 10.8. The van der Waals surface area contributed by atoms with E-state index >= 15 is 0 Å². The molecule has 0 saturated heterocycles. The van der Waals surface area contributed by atoms with Crippen molar-refractivity contribution in [1.82, 2.24) is 5.43 Å². The Bertz CT molecular complexity index is 963. The summed E-state index contributed by atoms with van der Waals surface area (Å²) in [5.74, 6) is -0.420. The average molecular weight is 412 g/mol. The van der Waals surface area contributed by atoms with Crippen molar-refractivity contribution in [2.45, 2.75) is 0 Å². The summed E-state index contributed by atoms with van der Waals surface area (Å²) < 4.78 is 29.9. The highest BCUT2D eigenvalue weighted by atomic mass is 35.5. The Balaban J connectivity index is 2.09. The number of rotatable bonds is 7. The van der Waals surface area contributed by atoms with Crippen LogP contribution in [-0.4, -0.2) is 45.6 Å². The van der Waals surface area contributed by atoms with Gasteiger partial charge >= 0.3 is 0 Å². The molecule has 0 atom stereocenters. The van der Waals surface area contributed by atoms with Gasteiger partial charge in [0.25, 0.3) is 5.91 Å². The van der Waals surface area contributed by atoms with Crippen molar-refractivity contribution in [3.8, 4) is 11.5 Å². The number of amides is 1. The molecule has 8 nitrogen and oxygen atoms in total. The molecule has 0 fully saturated rings. The maximum atomic E-state index is 12.1. The molecular formula is C17H18ClN3O5S. The predicted molar refractivity (Wildman–Crippen MR) is 104 cm³/mol. The lowest BCUT2D eigenvalue weighted by molar-refractivity contribution is -0.119. The largest absolute Gasteiger partial charge is 0.504 e. The van der Waals surface area contributed by atoms with Gasteiger partial charge in [-0.3, -0.25) is 9.10 Å². The van der Waals surface area contributed by atoms with Crippen LogP contribution in [0.1, 0.15) is 5.56 Å².